The van der Waals surface area contributed by atoms with Crippen molar-refractivity contribution >= 4 is 5.91 Å². The fourth-order valence-corrected chi connectivity index (χ4v) is 0.725. The van der Waals surface area contributed by atoms with Crippen LogP contribution in [-0.2, 0) is 4.79 Å². The molecule has 0 bridgehead atoms. The Morgan fingerprint density at radius 2 is 2.29 bits per heavy atom. The van der Waals surface area contributed by atoms with E-state index in [4.69, 9.17) is 0 Å². The van der Waals surface area contributed by atoms with Gasteiger partial charge < -0.3 is 5.32 Å². The second-order valence-electron chi connectivity index (χ2n) is 2.87. The Bertz CT molecular complexity index is 278. The van der Waals surface area contributed by atoms with Crippen molar-refractivity contribution in [3.63, 3.8) is 0 Å². The summed E-state index contributed by atoms with van der Waals surface area (Å²) in [5.74, 6) is 5.92. The van der Waals surface area contributed by atoms with E-state index in [0.717, 1.165) is 5.57 Å². The van der Waals surface area contributed by atoms with Crippen LogP contribution in [0.5, 0.6) is 0 Å². The average Bonchev–Trinajstić information content (AvgIpc) is 2.21. The molecule has 0 rings (SSSR count). The normalized spacial score (nSPS) is 10.0. The summed E-state index contributed by atoms with van der Waals surface area (Å²) in [6, 6.07) is 0. The molecule has 0 atom stereocenters. The van der Waals surface area contributed by atoms with Gasteiger partial charge >= 0.3 is 0 Å². The first kappa shape index (κ1) is 12.5. The molecule has 0 unspecified atom stereocenters. The molecule has 0 spiro atoms. The third-order valence-electron chi connectivity index (χ3n) is 1.64. The summed E-state index contributed by atoms with van der Waals surface area (Å²) in [7, 11) is 0. The van der Waals surface area contributed by atoms with E-state index < -0.39 is 0 Å². The number of carbonyl (C=O) groups excluding carboxylic acids is 1. The van der Waals surface area contributed by atoms with E-state index in [1.807, 2.05) is 19.9 Å². The van der Waals surface area contributed by atoms with E-state index in [0.29, 0.717) is 19.4 Å². The van der Waals surface area contributed by atoms with E-state index in [2.05, 4.69) is 23.7 Å². The number of rotatable bonds is 4. The lowest BCUT2D eigenvalue weighted by molar-refractivity contribution is -0.120. The Balaban J connectivity index is 3.66. The van der Waals surface area contributed by atoms with Crippen LogP contribution in [0, 0.1) is 11.8 Å². The van der Waals surface area contributed by atoms with Gasteiger partial charge in [0.1, 0.15) is 0 Å². The average molecular weight is 191 g/mol. The van der Waals surface area contributed by atoms with Crippen LogP contribution < -0.4 is 5.32 Å². The van der Waals surface area contributed by atoms with Crippen molar-refractivity contribution in [2.45, 2.75) is 26.7 Å². The van der Waals surface area contributed by atoms with Crippen LogP contribution in [0.15, 0.2) is 24.3 Å². The monoisotopic (exact) mass is 191 g/mol. The third kappa shape index (κ3) is 7.17. The van der Waals surface area contributed by atoms with Crippen LogP contribution in [0.25, 0.3) is 0 Å². The molecule has 0 radical (unpaired) electrons. The van der Waals surface area contributed by atoms with Gasteiger partial charge in [0.05, 0.1) is 0 Å². The number of hydrogen-bond acceptors (Lipinski definition) is 1. The molecule has 0 saturated carbocycles. The summed E-state index contributed by atoms with van der Waals surface area (Å²) in [5, 5.41) is 2.70. The Morgan fingerprint density at radius 3 is 2.86 bits per heavy atom. The fourth-order valence-electron chi connectivity index (χ4n) is 0.725. The van der Waals surface area contributed by atoms with Crippen molar-refractivity contribution in [1.82, 2.24) is 5.32 Å². The van der Waals surface area contributed by atoms with Gasteiger partial charge in [-0.1, -0.05) is 24.0 Å². The highest BCUT2D eigenvalue weighted by Crippen LogP contribution is 1.90. The largest absolute Gasteiger partial charge is 0.353 e. The topological polar surface area (TPSA) is 29.1 Å². The van der Waals surface area contributed by atoms with Crippen molar-refractivity contribution in [3.8, 4) is 11.8 Å². The minimum atomic E-state index is 0.0253. The second kappa shape index (κ2) is 8.12. The van der Waals surface area contributed by atoms with Crippen LogP contribution in [-0.4, -0.2) is 12.5 Å². The molecule has 0 heterocycles. The lowest BCUT2D eigenvalue weighted by Crippen LogP contribution is -2.22. The molecule has 0 fully saturated rings. The molecule has 0 aromatic carbocycles. The number of allylic oxidation sites excluding steroid dienone is 2. The molecule has 0 aromatic rings. The summed E-state index contributed by atoms with van der Waals surface area (Å²) in [6.07, 6.45) is 4.67. The standard InChI is InChI=1S/C12H17NO/c1-4-10-13-12(14)9-7-6-8-11(3)5-2/h4-5H,1,7,9-10H2,2-3H3,(H,13,14). The quantitative estimate of drug-likeness (QED) is 0.534. The molecule has 0 aromatic heterocycles. The summed E-state index contributed by atoms with van der Waals surface area (Å²) < 4.78 is 0. The van der Waals surface area contributed by atoms with Crippen molar-refractivity contribution in [2.24, 2.45) is 0 Å². The first-order chi connectivity index (χ1) is 6.70. The van der Waals surface area contributed by atoms with Crippen molar-refractivity contribution in [1.29, 1.82) is 0 Å². The molecule has 0 aliphatic rings. The lowest BCUT2D eigenvalue weighted by Gasteiger charge is -1.97. The summed E-state index contributed by atoms with van der Waals surface area (Å²) in [5.41, 5.74) is 1.04. The first-order valence-corrected chi connectivity index (χ1v) is 4.70. The van der Waals surface area contributed by atoms with Crippen LogP contribution in [0.2, 0.25) is 0 Å². The SMILES string of the molecule is C=CCNC(=O)CCC#CC(C)=CC. The Hall–Kier alpha value is -1.49. The summed E-state index contributed by atoms with van der Waals surface area (Å²) in [4.78, 5) is 11.1. The molecule has 76 valence electrons. The molecule has 14 heavy (non-hydrogen) atoms. The van der Waals surface area contributed by atoms with Crippen LogP contribution in [0.1, 0.15) is 26.7 Å². The molecule has 1 N–H and O–H groups in total. The van der Waals surface area contributed by atoms with E-state index in [-0.39, 0.29) is 5.91 Å². The second-order valence-corrected chi connectivity index (χ2v) is 2.87. The van der Waals surface area contributed by atoms with Gasteiger partial charge in [-0.05, 0) is 19.4 Å². The summed E-state index contributed by atoms with van der Waals surface area (Å²) >= 11 is 0. The minimum Gasteiger partial charge on any atom is -0.353 e. The highest BCUT2D eigenvalue weighted by Gasteiger charge is 1.95. The smallest absolute Gasteiger partial charge is 0.221 e. The van der Waals surface area contributed by atoms with Crippen LogP contribution in [0.3, 0.4) is 0 Å². The predicted molar refractivity (Wildman–Crippen MR) is 59.6 cm³/mol. The Morgan fingerprint density at radius 1 is 1.57 bits per heavy atom. The number of nitrogens with one attached hydrogen (secondary N) is 1. The van der Waals surface area contributed by atoms with Gasteiger partial charge in [-0.2, -0.15) is 0 Å². The summed E-state index contributed by atoms with van der Waals surface area (Å²) in [6.45, 7) is 7.94. The molecule has 0 aliphatic heterocycles. The van der Waals surface area contributed by atoms with Crippen molar-refractivity contribution < 1.29 is 4.79 Å². The molecule has 0 aliphatic carbocycles. The van der Waals surface area contributed by atoms with E-state index >= 15 is 0 Å². The zero-order valence-corrected chi connectivity index (χ0v) is 8.89. The highest BCUT2D eigenvalue weighted by molar-refractivity contribution is 5.76. The van der Waals surface area contributed by atoms with Crippen molar-refractivity contribution in [3.05, 3.63) is 24.3 Å². The van der Waals surface area contributed by atoms with Gasteiger partial charge in [0.15, 0.2) is 0 Å². The van der Waals surface area contributed by atoms with E-state index in [9.17, 15) is 4.79 Å². The van der Waals surface area contributed by atoms with Gasteiger partial charge in [-0.15, -0.1) is 6.58 Å². The first-order valence-electron chi connectivity index (χ1n) is 4.70. The Labute approximate surface area is 86.1 Å². The number of carbonyl (C=O) groups is 1. The molecule has 1 amide bonds. The molecule has 0 saturated heterocycles. The predicted octanol–water partition coefficient (Wildman–Crippen LogP) is 2.04. The van der Waals surface area contributed by atoms with Gasteiger partial charge in [0.25, 0.3) is 0 Å². The maximum Gasteiger partial charge on any atom is 0.221 e. The van der Waals surface area contributed by atoms with Crippen LogP contribution in [0.4, 0.5) is 0 Å². The number of hydrogen-bond donors (Lipinski definition) is 1. The van der Waals surface area contributed by atoms with E-state index in [1.54, 1.807) is 6.08 Å². The minimum absolute atomic E-state index is 0.0253. The van der Waals surface area contributed by atoms with Crippen LogP contribution >= 0.6 is 0 Å². The van der Waals surface area contributed by atoms with Gasteiger partial charge in [0, 0.05) is 19.4 Å². The molecular formula is C12H17NO. The zero-order chi connectivity index (χ0) is 10.8. The van der Waals surface area contributed by atoms with Gasteiger partial charge in [0.2, 0.25) is 5.91 Å². The van der Waals surface area contributed by atoms with Gasteiger partial charge in [-0.25, -0.2) is 0 Å². The lowest BCUT2D eigenvalue weighted by atomic mass is 10.2. The molecule has 2 heteroatoms. The van der Waals surface area contributed by atoms with Gasteiger partial charge in [-0.3, -0.25) is 4.79 Å². The molecular weight excluding hydrogens is 174 g/mol. The van der Waals surface area contributed by atoms with Crippen molar-refractivity contribution in [2.75, 3.05) is 6.54 Å². The molecule has 2 nitrogen and oxygen atoms in total. The fraction of sp³-hybridized carbons (Fsp3) is 0.417. The maximum atomic E-state index is 11.1. The third-order valence-corrected chi connectivity index (χ3v) is 1.64. The highest BCUT2D eigenvalue weighted by atomic mass is 16.1. The number of amides is 1. The maximum absolute atomic E-state index is 11.1. The zero-order valence-electron chi connectivity index (χ0n) is 8.89. The Kier molecular flexibility index (Phi) is 7.26. The van der Waals surface area contributed by atoms with E-state index in [1.165, 1.54) is 0 Å².